The highest BCUT2D eigenvalue weighted by Gasteiger charge is 2.31. The number of alkyl halides is 6. The fourth-order valence-corrected chi connectivity index (χ4v) is 2.95. The molecule has 3 aromatic rings. The maximum Gasteiger partial charge on any atom is 0.573 e. The van der Waals surface area contributed by atoms with Crippen LogP contribution in [0.15, 0.2) is 72.8 Å². The maximum atomic E-state index is 12.7. The summed E-state index contributed by atoms with van der Waals surface area (Å²) in [5.41, 5.74) is 1.12. The van der Waals surface area contributed by atoms with Crippen LogP contribution in [0.2, 0.25) is 0 Å². The number of halogens is 6. The molecule has 178 valence electrons. The Kier molecular flexibility index (Phi) is 7.19. The van der Waals surface area contributed by atoms with E-state index in [2.05, 4.69) is 4.74 Å². The van der Waals surface area contributed by atoms with E-state index in [0.717, 1.165) is 30.3 Å². The third-order valence-corrected chi connectivity index (χ3v) is 4.51. The molecular formula is C24H16F6O4. The van der Waals surface area contributed by atoms with E-state index in [0.29, 0.717) is 22.3 Å². The molecule has 3 rings (SSSR count). The van der Waals surface area contributed by atoms with E-state index in [4.69, 9.17) is 9.84 Å². The minimum Gasteiger partial charge on any atom is -0.488 e. The number of carboxylic acid groups (broad SMARTS) is 1. The standard InChI is InChI=1S/C24H16F6O4/c25-23(26,27)19-7-1-15(2-8-19)14-33-21-11-5-17(13-18(21)6-12-22(31)32)16-3-9-20(10-4-16)34-24(28,29)30/h1-13H,14H2,(H,31,32). The van der Waals surface area contributed by atoms with Crippen LogP contribution in [0.1, 0.15) is 16.7 Å². The van der Waals surface area contributed by atoms with Crippen molar-refractivity contribution in [3.8, 4) is 22.6 Å². The topological polar surface area (TPSA) is 55.8 Å². The van der Waals surface area contributed by atoms with Gasteiger partial charge in [0.05, 0.1) is 5.56 Å². The quantitative estimate of drug-likeness (QED) is 0.293. The van der Waals surface area contributed by atoms with Crippen molar-refractivity contribution in [2.24, 2.45) is 0 Å². The van der Waals surface area contributed by atoms with Gasteiger partial charge in [-0.25, -0.2) is 4.79 Å². The Bertz CT molecular complexity index is 1160. The number of ether oxygens (including phenoxy) is 2. The third kappa shape index (κ3) is 7.03. The Hall–Kier alpha value is -3.95. The van der Waals surface area contributed by atoms with Crippen molar-refractivity contribution in [1.29, 1.82) is 0 Å². The molecule has 10 heteroatoms. The van der Waals surface area contributed by atoms with E-state index >= 15 is 0 Å². The average molecular weight is 482 g/mol. The summed E-state index contributed by atoms with van der Waals surface area (Å²) in [5, 5.41) is 8.95. The van der Waals surface area contributed by atoms with Gasteiger partial charge in [-0.2, -0.15) is 13.2 Å². The van der Waals surface area contributed by atoms with Crippen molar-refractivity contribution in [3.63, 3.8) is 0 Å². The predicted octanol–water partition coefficient (Wildman–Crippen LogP) is 6.95. The summed E-state index contributed by atoms with van der Waals surface area (Å²) in [6, 6.07) is 14.2. The van der Waals surface area contributed by atoms with Gasteiger partial charge in [0, 0.05) is 11.6 Å². The number of aliphatic carboxylic acids is 1. The van der Waals surface area contributed by atoms with E-state index < -0.39 is 29.8 Å². The predicted molar refractivity (Wildman–Crippen MR) is 111 cm³/mol. The molecule has 0 saturated heterocycles. The summed E-state index contributed by atoms with van der Waals surface area (Å²) >= 11 is 0. The minimum atomic E-state index is -4.82. The molecule has 0 bridgehead atoms. The van der Waals surface area contributed by atoms with E-state index in [-0.39, 0.29) is 12.4 Å². The first-order chi connectivity index (χ1) is 15.9. The second kappa shape index (κ2) is 9.90. The van der Waals surface area contributed by atoms with Crippen LogP contribution in [0.5, 0.6) is 11.5 Å². The van der Waals surface area contributed by atoms with Gasteiger partial charge in [0.25, 0.3) is 0 Å². The lowest BCUT2D eigenvalue weighted by atomic mass is 10.0. The van der Waals surface area contributed by atoms with E-state index in [9.17, 15) is 31.1 Å². The Morgan fingerprint density at radius 2 is 1.47 bits per heavy atom. The molecule has 3 aromatic carbocycles. The number of carbonyl (C=O) groups is 1. The van der Waals surface area contributed by atoms with Crippen LogP contribution in [0, 0.1) is 0 Å². The molecule has 0 unspecified atom stereocenters. The van der Waals surface area contributed by atoms with Gasteiger partial charge in [0.1, 0.15) is 18.1 Å². The molecule has 0 atom stereocenters. The van der Waals surface area contributed by atoms with E-state index in [1.165, 1.54) is 36.4 Å². The molecule has 0 fully saturated rings. The van der Waals surface area contributed by atoms with Gasteiger partial charge in [-0.1, -0.05) is 30.3 Å². The van der Waals surface area contributed by atoms with Crippen LogP contribution >= 0.6 is 0 Å². The zero-order valence-corrected chi connectivity index (χ0v) is 17.2. The monoisotopic (exact) mass is 482 g/mol. The molecule has 0 saturated carbocycles. The highest BCUT2D eigenvalue weighted by Crippen LogP contribution is 2.32. The van der Waals surface area contributed by atoms with Crippen molar-refractivity contribution >= 4 is 12.0 Å². The van der Waals surface area contributed by atoms with Crippen LogP contribution in [-0.2, 0) is 17.6 Å². The molecule has 0 spiro atoms. The molecule has 34 heavy (non-hydrogen) atoms. The molecule has 0 aliphatic carbocycles. The van der Waals surface area contributed by atoms with Crippen LogP contribution in [0.4, 0.5) is 26.3 Å². The Labute approximate surface area is 189 Å². The zero-order chi connectivity index (χ0) is 24.9. The second-order valence-corrected chi connectivity index (χ2v) is 6.98. The summed E-state index contributed by atoms with van der Waals surface area (Å²) in [5.74, 6) is -1.34. The van der Waals surface area contributed by atoms with Crippen molar-refractivity contribution in [2.75, 3.05) is 0 Å². The lowest BCUT2D eigenvalue weighted by molar-refractivity contribution is -0.274. The zero-order valence-electron chi connectivity index (χ0n) is 17.2. The van der Waals surface area contributed by atoms with Crippen LogP contribution in [-0.4, -0.2) is 17.4 Å². The highest BCUT2D eigenvalue weighted by molar-refractivity contribution is 5.86. The van der Waals surface area contributed by atoms with Gasteiger partial charge < -0.3 is 14.6 Å². The Morgan fingerprint density at radius 3 is 2.03 bits per heavy atom. The smallest absolute Gasteiger partial charge is 0.488 e. The molecule has 0 radical (unpaired) electrons. The number of hydrogen-bond acceptors (Lipinski definition) is 3. The summed E-state index contributed by atoms with van der Waals surface area (Å²) in [6.45, 7) is -0.0745. The Morgan fingerprint density at radius 1 is 0.853 bits per heavy atom. The summed E-state index contributed by atoms with van der Waals surface area (Å²) in [4.78, 5) is 11.0. The van der Waals surface area contributed by atoms with Gasteiger partial charge in [-0.15, -0.1) is 13.2 Å². The lowest BCUT2D eigenvalue weighted by Crippen LogP contribution is -2.16. The van der Waals surface area contributed by atoms with Crippen LogP contribution in [0.25, 0.3) is 17.2 Å². The Balaban J connectivity index is 1.82. The fraction of sp³-hybridized carbons (Fsp3) is 0.125. The molecule has 0 aromatic heterocycles. The average Bonchev–Trinajstić information content (AvgIpc) is 2.75. The first-order valence-electron chi connectivity index (χ1n) is 9.61. The summed E-state index contributed by atoms with van der Waals surface area (Å²) in [6.07, 6.45) is -7.12. The largest absolute Gasteiger partial charge is 0.573 e. The summed E-state index contributed by atoms with van der Waals surface area (Å²) in [7, 11) is 0. The molecule has 0 heterocycles. The fourth-order valence-electron chi connectivity index (χ4n) is 2.95. The molecule has 4 nitrogen and oxygen atoms in total. The van der Waals surface area contributed by atoms with Crippen LogP contribution in [0.3, 0.4) is 0 Å². The van der Waals surface area contributed by atoms with Crippen molar-refractivity contribution in [1.82, 2.24) is 0 Å². The highest BCUT2D eigenvalue weighted by atomic mass is 19.4. The van der Waals surface area contributed by atoms with Crippen molar-refractivity contribution in [3.05, 3.63) is 89.5 Å². The van der Waals surface area contributed by atoms with Gasteiger partial charge >= 0.3 is 18.5 Å². The number of carboxylic acids is 1. The van der Waals surface area contributed by atoms with Gasteiger partial charge in [0.2, 0.25) is 0 Å². The van der Waals surface area contributed by atoms with Gasteiger partial charge in [0.15, 0.2) is 0 Å². The first-order valence-corrected chi connectivity index (χ1v) is 9.61. The minimum absolute atomic E-state index is 0.0745. The van der Waals surface area contributed by atoms with Gasteiger partial charge in [-0.05, 0) is 59.2 Å². The number of hydrogen-bond donors (Lipinski definition) is 1. The maximum absolute atomic E-state index is 12.7. The first kappa shape index (κ1) is 24.7. The van der Waals surface area contributed by atoms with Crippen molar-refractivity contribution in [2.45, 2.75) is 19.1 Å². The number of rotatable bonds is 7. The lowest BCUT2D eigenvalue weighted by Gasteiger charge is -2.13. The molecule has 0 aliphatic heterocycles. The molecular weight excluding hydrogens is 466 g/mol. The molecule has 0 amide bonds. The van der Waals surface area contributed by atoms with E-state index in [1.807, 2.05) is 0 Å². The molecule has 1 N–H and O–H groups in total. The van der Waals surface area contributed by atoms with Crippen molar-refractivity contribution < 1.29 is 45.7 Å². The van der Waals surface area contributed by atoms with Crippen LogP contribution < -0.4 is 9.47 Å². The van der Waals surface area contributed by atoms with Gasteiger partial charge in [-0.3, -0.25) is 0 Å². The normalized spacial score (nSPS) is 12.1. The SMILES string of the molecule is O=C(O)C=Cc1cc(-c2ccc(OC(F)(F)F)cc2)ccc1OCc1ccc(C(F)(F)F)cc1. The second-order valence-electron chi connectivity index (χ2n) is 6.98. The summed E-state index contributed by atoms with van der Waals surface area (Å²) < 4.78 is 84.6. The van der Waals surface area contributed by atoms with E-state index in [1.54, 1.807) is 12.1 Å². The number of benzene rings is 3. The third-order valence-electron chi connectivity index (χ3n) is 4.51. The molecule has 0 aliphatic rings.